The number of benzene rings is 2. The molecule has 0 aliphatic carbocycles. The van der Waals surface area contributed by atoms with E-state index in [4.69, 9.17) is 17.0 Å². The molecule has 0 radical (unpaired) electrons. The van der Waals surface area contributed by atoms with Gasteiger partial charge in [0.1, 0.15) is 5.84 Å². The minimum absolute atomic E-state index is 0.0741. The second-order valence-electron chi connectivity index (χ2n) is 4.80. The first-order chi connectivity index (χ1) is 10.2. The Morgan fingerprint density at radius 3 is 2.52 bits per heavy atom. The number of H-pyrrole nitrogens is 1. The smallest absolute Gasteiger partial charge is 0.122 e. The first-order valence-electron chi connectivity index (χ1n) is 6.48. The number of nitrogens with two attached hydrogens (primary N) is 2. The van der Waals surface area contributed by atoms with Crippen molar-refractivity contribution in [2.24, 2.45) is 16.7 Å². The number of aromatic nitrogens is 1. The number of nitrogen functional groups attached to an aromatic ring is 1. The molecule has 0 spiro atoms. The SMILES string of the molecule is N=C(N)c1ccc2[nH]c(-c3ccc(C=NN)cc3)cc2c1. The topological polar surface area (TPSA) is 104 Å². The highest BCUT2D eigenvalue weighted by Crippen LogP contribution is 2.25. The molecule has 1 heterocycles. The lowest BCUT2D eigenvalue weighted by Crippen LogP contribution is -2.10. The molecule has 2 aromatic carbocycles. The molecule has 1 aromatic heterocycles. The number of nitrogens with one attached hydrogen (secondary N) is 2. The van der Waals surface area contributed by atoms with E-state index in [9.17, 15) is 0 Å². The predicted octanol–water partition coefficient (Wildman–Crippen LogP) is 2.41. The zero-order chi connectivity index (χ0) is 14.8. The fraction of sp³-hybridized carbons (Fsp3) is 0. The number of hydrogen-bond acceptors (Lipinski definition) is 3. The van der Waals surface area contributed by atoms with Crippen molar-refractivity contribution < 1.29 is 0 Å². The third-order valence-electron chi connectivity index (χ3n) is 3.38. The Kier molecular flexibility index (Phi) is 3.16. The van der Waals surface area contributed by atoms with E-state index in [1.165, 1.54) is 0 Å². The van der Waals surface area contributed by atoms with Gasteiger partial charge in [0.2, 0.25) is 0 Å². The Morgan fingerprint density at radius 2 is 1.86 bits per heavy atom. The Hall–Kier alpha value is -3.08. The minimum Gasteiger partial charge on any atom is -0.384 e. The summed E-state index contributed by atoms with van der Waals surface area (Å²) >= 11 is 0. The van der Waals surface area contributed by atoms with Gasteiger partial charge in [-0.15, -0.1) is 0 Å². The number of rotatable bonds is 3. The van der Waals surface area contributed by atoms with Gasteiger partial charge >= 0.3 is 0 Å². The molecular formula is C16H15N5. The van der Waals surface area contributed by atoms with Gasteiger partial charge in [-0.1, -0.05) is 24.3 Å². The second-order valence-corrected chi connectivity index (χ2v) is 4.80. The molecule has 5 heteroatoms. The van der Waals surface area contributed by atoms with Gasteiger partial charge < -0.3 is 16.6 Å². The van der Waals surface area contributed by atoms with E-state index in [2.05, 4.69) is 10.1 Å². The summed E-state index contributed by atoms with van der Waals surface area (Å²) < 4.78 is 0. The van der Waals surface area contributed by atoms with E-state index in [1.807, 2.05) is 48.5 Å². The Morgan fingerprint density at radius 1 is 1.10 bits per heavy atom. The van der Waals surface area contributed by atoms with Crippen LogP contribution in [-0.2, 0) is 0 Å². The van der Waals surface area contributed by atoms with E-state index in [0.717, 1.165) is 33.3 Å². The third-order valence-corrected chi connectivity index (χ3v) is 3.38. The maximum absolute atomic E-state index is 7.49. The monoisotopic (exact) mass is 277 g/mol. The van der Waals surface area contributed by atoms with Crippen molar-refractivity contribution in [2.75, 3.05) is 0 Å². The van der Waals surface area contributed by atoms with Crippen LogP contribution < -0.4 is 11.6 Å². The van der Waals surface area contributed by atoms with Gasteiger partial charge in [-0.2, -0.15) is 5.10 Å². The molecule has 3 aromatic rings. The Bertz CT molecular complexity index is 827. The van der Waals surface area contributed by atoms with Crippen LogP contribution in [-0.4, -0.2) is 17.0 Å². The zero-order valence-electron chi connectivity index (χ0n) is 11.3. The molecule has 0 amide bonds. The molecule has 0 saturated carbocycles. The molecule has 0 aliphatic rings. The van der Waals surface area contributed by atoms with Crippen LogP contribution in [0.1, 0.15) is 11.1 Å². The Balaban J connectivity index is 2.02. The van der Waals surface area contributed by atoms with Crippen molar-refractivity contribution in [3.63, 3.8) is 0 Å². The normalized spacial score (nSPS) is 11.2. The summed E-state index contributed by atoms with van der Waals surface area (Å²) in [5.74, 6) is 5.21. The van der Waals surface area contributed by atoms with Gasteiger partial charge in [0.25, 0.3) is 0 Å². The summed E-state index contributed by atoms with van der Waals surface area (Å²) in [5, 5.41) is 12.0. The summed E-state index contributed by atoms with van der Waals surface area (Å²) in [6.07, 6.45) is 1.61. The van der Waals surface area contributed by atoms with Crippen LogP contribution in [0.15, 0.2) is 53.6 Å². The summed E-state index contributed by atoms with van der Waals surface area (Å²) in [7, 11) is 0. The molecule has 6 N–H and O–H groups in total. The van der Waals surface area contributed by atoms with Crippen LogP contribution in [0, 0.1) is 5.41 Å². The average molecular weight is 277 g/mol. The third kappa shape index (κ3) is 2.49. The van der Waals surface area contributed by atoms with Crippen LogP contribution in [0.4, 0.5) is 0 Å². The molecule has 0 saturated heterocycles. The van der Waals surface area contributed by atoms with Crippen LogP contribution in [0.5, 0.6) is 0 Å². The van der Waals surface area contributed by atoms with Gasteiger partial charge in [0.15, 0.2) is 0 Å². The fourth-order valence-electron chi connectivity index (χ4n) is 2.29. The van der Waals surface area contributed by atoms with E-state index < -0.39 is 0 Å². The minimum atomic E-state index is 0.0741. The number of hydrazone groups is 1. The first-order valence-corrected chi connectivity index (χ1v) is 6.48. The number of hydrogen-bond donors (Lipinski definition) is 4. The van der Waals surface area contributed by atoms with Crippen LogP contribution >= 0.6 is 0 Å². The van der Waals surface area contributed by atoms with Crippen LogP contribution in [0.25, 0.3) is 22.2 Å². The predicted molar refractivity (Wildman–Crippen MR) is 86.5 cm³/mol. The average Bonchev–Trinajstić information content (AvgIpc) is 2.91. The molecule has 3 rings (SSSR count). The molecule has 21 heavy (non-hydrogen) atoms. The lowest BCUT2D eigenvalue weighted by molar-refractivity contribution is 1.26. The first kappa shape index (κ1) is 12.9. The number of fused-ring (bicyclic) bond motifs is 1. The quantitative estimate of drug-likeness (QED) is 0.255. The number of nitrogens with zero attached hydrogens (tertiary/aromatic N) is 1. The molecular weight excluding hydrogens is 262 g/mol. The molecule has 0 bridgehead atoms. The highest BCUT2D eigenvalue weighted by Gasteiger charge is 2.05. The summed E-state index contributed by atoms with van der Waals surface area (Å²) in [5.41, 5.74) is 10.3. The van der Waals surface area contributed by atoms with E-state index in [0.29, 0.717) is 0 Å². The van der Waals surface area contributed by atoms with Crippen molar-refractivity contribution in [1.29, 1.82) is 5.41 Å². The van der Waals surface area contributed by atoms with Gasteiger partial charge in [-0.25, -0.2) is 0 Å². The van der Waals surface area contributed by atoms with E-state index >= 15 is 0 Å². The number of aromatic amines is 1. The molecule has 5 nitrogen and oxygen atoms in total. The summed E-state index contributed by atoms with van der Waals surface area (Å²) in [4.78, 5) is 3.36. The summed E-state index contributed by atoms with van der Waals surface area (Å²) in [6, 6.07) is 15.7. The molecule has 0 atom stereocenters. The molecule has 0 unspecified atom stereocenters. The lowest BCUT2D eigenvalue weighted by Gasteiger charge is -1.98. The maximum atomic E-state index is 7.49. The fourth-order valence-corrected chi connectivity index (χ4v) is 2.29. The highest BCUT2D eigenvalue weighted by molar-refractivity contribution is 5.99. The van der Waals surface area contributed by atoms with Crippen LogP contribution in [0.2, 0.25) is 0 Å². The van der Waals surface area contributed by atoms with E-state index in [1.54, 1.807) is 6.21 Å². The van der Waals surface area contributed by atoms with Crippen molar-refractivity contribution in [2.45, 2.75) is 0 Å². The van der Waals surface area contributed by atoms with Crippen molar-refractivity contribution in [1.82, 2.24) is 4.98 Å². The zero-order valence-corrected chi connectivity index (χ0v) is 11.3. The van der Waals surface area contributed by atoms with Crippen molar-refractivity contribution in [3.05, 3.63) is 59.7 Å². The lowest BCUT2D eigenvalue weighted by atomic mass is 10.1. The standard InChI is InChI=1S/C16H15N5/c17-16(18)12-5-6-14-13(7-12)8-15(21-14)11-3-1-10(2-4-11)9-20-19/h1-9,21H,19H2,(H3,17,18). The van der Waals surface area contributed by atoms with E-state index in [-0.39, 0.29) is 5.84 Å². The number of amidine groups is 1. The van der Waals surface area contributed by atoms with Crippen LogP contribution in [0.3, 0.4) is 0 Å². The van der Waals surface area contributed by atoms with Crippen molar-refractivity contribution in [3.8, 4) is 11.3 Å². The maximum Gasteiger partial charge on any atom is 0.122 e. The molecule has 104 valence electrons. The second kappa shape index (κ2) is 5.13. The van der Waals surface area contributed by atoms with Gasteiger partial charge in [0.05, 0.1) is 6.21 Å². The molecule has 0 aliphatic heterocycles. The largest absolute Gasteiger partial charge is 0.384 e. The van der Waals surface area contributed by atoms with Crippen molar-refractivity contribution >= 4 is 23.0 Å². The molecule has 0 fully saturated rings. The highest BCUT2D eigenvalue weighted by atomic mass is 15.1. The van der Waals surface area contributed by atoms with Gasteiger partial charge in [-0.05, 0) is 35.4 Å². The van der Waals surface area contributed by atoms with Gasteiger partial charge in [0, 0.05) is 22.2 Å². The van der Waals surface area contributed by atoms with Gasteiger partial charge in [-0.3, -0.25) is 5.41 Å². The Labute approximate surface area is 121 Å². The summed E-state index contributed by atoms with van der Waals surface area (Å²) in [6.45, 7) is 0.